The second-order valence-electron chi connectivity index (χ2n) is 7.69. The van der Waals surface area contributed by atoms with Crippen LogP contribution in [0, 0.1) is 0 Å². The van der Waals surface area contributed by atoms with Crippen LogP contribution in [0.5, 0.6) is 0 Å². The Hall–Kier alpha value is -2.82. The standard InChI is InChI=1S/C23H29N3O2/c1-17(27)26-14-13-19-7-5-6-8-21(19)22(26)15-23(28)25(4)16-18-9-11-20(12-10-18)24(2)3/h5-12,22H,13-16H2,1-4H3. The van der Waals surface area contributed by atoms with Crippen molar-refractivity contribution in [3.63, 3.8) is 0 Å². The molecule has 2 aromatic carbocycles. The molecular formula is C23H29N3O2. The van der Waals surface area contributed by atoms with E-state index in [9.17, 15) is 9.59 Å². The Morgan fingerprint density at radius 2 is 1.71 bits per heavy atom. The topological polar surface area (TPSA) is 43.9 Å². The highest BCUT2D eigenvalue weighted by Crippen LogP contribution is 2.32. The number of fused-ring (bicyclic) bond motifs is 1. The molecule has 0 aliphatic carbocycles. The molecular weight excluding hydrogens is 350 g/mol. The molecule has 0 saturated carbocycles. The van der Waals surface area contributed by atoms with Crippen molar-refractivity contribution in [1.82, 2.24) is 9.80 Å². The van der Waals surface area contributed by atoms with Crippen LogP contribution in [0.3, 0.4) is 0 Å². The molecule has 5 nitrogen and oxygen atoms in total. The van der Waals surface area contributed by atoms with Crippen LogP contribution in [0.25, 0.3) is 0 Å². The largest absolute Gasteiger partial charge is 0.378 e. The molecule has 0 saturated heterocycles. The van der Waals surface area contributed by atoms with Gasteiger partial charge < -0.3 is 14.7 Å². The van der Waals surface area contributed by atoms with Gasteiger partial charge in [-0.3, -0.25) is 9.59 Å². The number of hydrogen-bond donors (Lipinski definition) is 0. The van der Waals surface area contributed by atoms with Gasteiger partial charge in [0.05, 0.1) is 12.5 Å². The highest BCUT2D eigenvalue weighted by Gasteiger charge is 2.31. The van der Waals surface area contributed by atoms with E-state index in [1.807, 2.05) is 44.2 Å². The van der Waals surface area contributed by atoms with E-state index >= 15 is 0 Å². The summed E-state index contributed by atoms with van der Waals surface area (Å²) in [5.74, 6) is 0.0684. The summed E-state index contributed by atoms with van der Waals surface area (Å²) in [6.45, 7) is 2.81. The maximum atomic E-state index is 12.9. The molecule has 1 aliphatic rings. The lowest BCUT2D eigenvalue weighted by molar-refractivity contribution is -0.136. The minimum absolute atomic E-state index is 0.0224. The zero-order chi connectivity index (χ0) is 20.3. The fourth-order valence-corrected chi connectivity index (χ4v) is 3.83. The third-order valence-corrected chi connectivity index (χ3v) is 5.48. The molecule has 0 aromatic heterocycles. The van der Waals surface area contributed by atoms with Gasteiger partial charge >= 0.3 is 0 Å². The summed E-state index contributed by atoms with van der Waals surface area (Å²) in [4.78, 5) is 30.7. The van der Waals surface area contributed by atoms with E-state index in [4.69, 9.17) is 0 Å². The van der Waals surface area contributed by atoms with Crippen molar-refractivity contribution in [1.29, 1.82) is 0 Å². The van der Waals surface area contributed by atoms with E-state index in [1.54, 1.807) is 11.8 Å². The molecule has 0 spiro atoms. The smallest absolute Gasteiger partial charge is 0.225 e. The zero-order valence-corrected chi connectivity index (χ0v) is 17.2. The van der Waals surface area contributed by atoms with E-state index in [0.29, 0.717) is 19.5 Å². The second-order valence-corrected chi connectivity index (χ2v) is 7.69. The third kappa shape index (κ3) is 4.35. The number of benzene rings is 2. The number of hydrogen-bond acceptors (Lipinski definition) is 3. The fraction of sp³-hybridized carbons (Fsp3) is 0.391. The van der Waals surface area contributed by atoms with Gasteiger partial charge in [-0.15, -0.1) is 0 Å². The van der Waals surface area contributed by atoms with Crippen molar-refractivity contribution in [2.45, 2.75) is 32.4 Å². The highest BCUT2D eigenvalue weighted by atomic mass is 16.2. The summed E-state index contributed by atoms with van der Waals surface area (Å²) in [7, 11) is 5.84. The summed E-state index contributed by atoms with van der Waals surface area (Å²) >= 11 is 0. The van der Waals surface area contributed by atoms with Gasteiger partial charge in [-0.1, -0.05) is 36.4 Å². The maximum absolute atomic E-state index is 12.9. The van der Waals surface area contributed by atoms with Gasteiger partial charge in [0.15, 0.2) is 0 Å². The Bertz CT molecular complexity index is 845. The van der Waals surface area contributed by atoms with Crippen LogP contribution in [0.15, 0.2) is 48.5 Å². The van der Waals surface area contributed by atoms with Gasteiger partial charge in [0.25, 0.3) is 0 Å². The van der Waals surface area contributed by atoms with Crippen molar-refractivity contribution in [3.8, 4) is 0 Å². The average molecular weight is 380 g/mol. The average Bonchev–Trinajstić information content (AvgIpc) is 2.68. The first kappa shape index (κ1) is 19.9. The van der Waals surface area contributed by atoms with Crippen LogP contribution >= 0.6 is 0 Å². The van der Waals surface area contributed by atoms with E-state index in [-0.39, 0.29) is 17.9 Å². The molecule has 1 heterocycles. The highest BCUT2D eigenvalue weighted by molar-refractivity contribution is 5.79. The van der Waals surface area contributed by atoms with Crippen molar-refractivity contribution in [2.75, 3.05) is 32.6 Å². The molecule has 148 valence electrons. The Kier molecular flexibility index (Phi) is 6.02. The molecule has 2 aromatic rings. The zero-order valence-electron chi connectivity index (χ0n) is 17.2. The molecule has 0 bridgehead atoms. The predicted octanol–water partition coefficient (Wildman–Crippen LogP) is 3.25. The number of rotatable bonds is 5. The normalized spacial score (nSPS) is 15.7. The van der Waals surface area contributed by atoms with Gasteiger partial charge in [0, 0.05) is 46.8 Å². The third-order valence-electron chi connectivity index (χ3n) is 5.48. The van der Waals surface area contributed by atoms with E-state index in [0.717, 1.165) is 23.2 Å². The summed E-state index contributed by atoms with van der Waals surface area (Å²) in [5.41, 5.74) is 4.56. The number of nitrogens with zero attached hydrogens (tertiary/aromatic N) is 3. The monoisotopic (exact) mass is 379 g/mol. The quantitative estimate of drug-likeness (QED) is 0.801. The SMILES string of the molecule is CC(=O)N1CCc2ccccc2C1CC(=O)N(C)Cc1ccc(N(C)C)cc1. The lowest BCUT2D eigenvalue weighted by Crippen LogP contribution is -2.41. The second kappa shape index (κ2) is 8.46. The van der Waals surface area contributed by atoms with Gasteiger partial charge in [-0.2, -0.15) is 0 Å². The summed E-state index contributed by atoms with van der Waals surface area (Å²) in [6.07, 6.45) is 1.15. The lowest BCUT2D eigenvalue weighted by atomic mass is 9.90. The summed E-state index contributed by atoms with van der Waals surface area (Å²) in [5, 5.41) is 0. The summed E-state index contributed by atoms with van der Waals surface area (Å²) in [6, 6.07) is 16.2. The molecule has 5 heteroatoms. The molecule has 0 fully saturated rings. The van der Waals surface area contributed by atoms with Gasteiger partial charge in [-0.25, -0.2) is 0 Å². The Labute approximate surface area is 167 Å². The van der Waals surface area contributed by atoms with Crippen LogP contribution in [-0.2, 0) is 22.6 Å². The minimum atomic E-state index is -0.187. The Morgan fingerprint density at radius 3 is 2.36 bits per heavy atom. The molecule has 1 unspecified atom stereocenters. The first-order valence-corrected chi connectivity index (χ1v) is 9.72. The molecule has 1 atom stereocenters. The van der Waals surface area contributed by atoms with Crippen molar-refractivity contribution >= 4 is 17.5 Å². The lowest BCUT2D eigenvalue weighted by Gasteiger charge is -2.37. The Morgan fingerprint density at radius 1 is 1.04 bits per heavy atom. The van der Waals surface area contributed by atoms with Crippen LogP contribution in [0.1, 0.15) is 36.1 Å². The van der Waals surface area contributed by atoms with Crippen LogP contribution in [0.4, 0.5) is 5.69 Å². The van der Waals surface area contributed by atoms with E-state index in [2.05, 4.69) is 35.2 Å². The van der Waals surface area contributed by atoms with Crippen LogP contribution in [-0.4, -0.2) is 49.3 Å². The first-order chi connectivity index (χ1) is 13.4. The minimum Gasteiger partial charge on any atom is -0.378 e. The number of anilines is 1. The Balaban J connectivity index is 1.72. The molecule has 0 radical (unpaired) electrons. The van der Waals surface area contributed by atoms with E-state index < -0.39 is 0 Å². The van der Waals surface area contributed by atoms with Crippen LogP contribution in [0.2, 0.25) is 0 Å². The molecule has 3 rings (SSSR count). The maximum Gasteiger partial charge on any atom is 0.225 e. The number of amides is 2. The molecule has 0 N–H and O–H groups in total. The predicted molar refractivity (Wildman–Crippen MR) is 112 cm³/mol. The van der Waals surface area contributed by atoms with Crippen LogP contribution < -0.4 is 4.90 Å². The van der Waals surface area contributed by atoms with Gasteiger partial charge in [-0.05, 0) is 35.2 Å². The molecule has 2 amide bonds. The number of carbonyl (C=O) groups excluding carboxylic acids is 2. The van der Waals surface area contributed by atoms with Crippen molar-refractivity contribution in [2.24, 2.45) is 0 Å². The summed E-state index contributed by atoms with van der Waals surface area (Å²) < 4.78 is 0. The van der Waals surface area contributed by atoms with Gasteiger partial charge in [0.2, 0.25) is 11.8 Å². The van der Waals surface area contributed by atoms with Gasteiger partial charge in [0.1, 0.15) is 0 Å². The molecule has 1 aliphatic heterocycles. The molecule has 28 heavy (non-hydrogen) atoms. The van der Waals surface area contributed by atoms with E-state index in [1.165, 1.54) is 5.56 Å². The van der Waals surface area contributed by atoms with Crippen molar-refractivity contribution < 1.29 is 9.59 Å². The first-order valence-electron chi connectivity index (χ1n) is 9.72. The fourth-order valence-electron chi connectivity index (χ4n) is 3.83. The van der Waals surface area contributed by atoms with Crippen molar-refractivity contribution in [3.05, 3.63) is 65.2 Å². The number of carbonyl (C=O) groups is 2.